The van der Waals surface area contributed by atoms with E-state index in [1.807, 2.05) is 6.92 Å². The number of carboxylic acids is 1. The van der Waals surface area contributed by atoms with Crippen LogP contribution in [0.5, 0.6) is 0 Å². The van der Waals surface area contributed by atoms with Gasteiger partial charge in [0.2, 0.25) is 0 Å². The molecule has 0 aliphatic carbocycles. The fourth-order valence-electron chi connectivity index (χ4n) is 2.44. The Hall–Kier alpha value is -0.780. The molecule has 0 spiro atoms. The highest BCUT2D eigenvalue weighted by molar-refractivity contribution is 5.74. The number of aliphatic carboxylic acids is 1. The first kappa shape index (κ1) is 14.3. The first-order chi connectivity index (χ1) is 7.79. The zero-order valence-corrected chi connectivity index (χ0v) is 9.89. The molecule has 6 heteroatoms. The lowest BCUT2D eigenvalue weighted by molar-refractivity contribution is -0.160. The van der Waals surface area contributed by atoms with E-state index in [1.54, 1.807) is 0 Å². The van der Waals surface area contributed by atoms with Crippen LogP contribution in [0.15, 0.2) is 0 Å². The number of piperidine rings is 1. The Morgan fingerprint density at radius 2 is 1.88 bits per heavy atom. The van der Waals surface area contributed by atoms with Crippen LogP contribution in [0.4, 0.5) is 13.2 Å². The summed E-state index contributed by atoms with van der Waals surface area (Å²) in [5.41, 5.74) is -0.809. The second-order valence-electron chi connectivity index (χ2n) is 4.73. The van der Waals surface area contributed by atoms with E-state index < -0.39 is 24.1 Å². The van der Waals surface area contributed by atoms with E-state index in [0.717, 1.165) is 6.42 Å². The molecule has 0 atom stereocenters. The fourth-order valence-corrected chi connectivity index (χ4v) is 2.44. The molecule has 1 heterocycles. The number of alkyl halides is 3. The predicted molar refractivity (Wildman–Crippen MR) is 56.7 cm³/mol. The van der Waals surface area contributed by atoms with Crippen LogP contribution >= 0.6 is 0 Å². The summed E-state index contributed by atoms with van der Waals surface area (Å²) in [6.45, 7) is 1.39. The topological polar surface area (TPSA) is 40.5 Å². The maximum atomic E-state index is 12.2. The number of halogens is 3. The molecule has 17 heavy (non-hydrogen) atoms. The summed E-state index contributed by atoms with van der Waals surface area (Å²) in [6, 6.07) is 0. The van der Waals surface area contributed by atoms with Gasteiger partial charge in [-0.1, -0.05) is 13.3 Å². The van der Waals surface area contributed by atoms with Crippen LogP contribution in [0.1, 0.15) is 32.6 Å². The third-order valence-corrected chi connectivity index (χ3v) is 3.40. The van der Waals surface area contributed by atoms with Gasteiger partial charge in [-0.15, -0.1) is 0 Å². The summed E-state index contributed by atoms with van der Waals surface area (Å²) in [5, 5.41) is 9.20. The van der Waals surface area contributed by atoms with Gasteiger partial charge in [0.05, 0.1) is 12.0 Å². The zero-order valence-electron chi connectivity index (χ0n) is 9.89. The van der Waals surface area contributed by atoms with Crippen LogP contribution in [0, 0.1) is 5.41 Å². The highest BCUT2D eigenvalue weighted by Crippen LogP contribution is 2.37. The number of carboxylic acid groups (broad SMARTS) is 1. The lowest BCUT2D eigenvalue weighted by Crippen LogP contribution is -2.47. The third kappa shape index (κ3) is 3.87. The van der Waals surface area contributed by atoms with Gasteiger partial charge in [0.25, 0.3) is 0 Å². The molecule has 0 aromatic carbocycles. The van der Waals surface area contributed by atoms with E-state index >= 15 is 0 Å². The molecule has 1 N–H and O–H groups in total. The minimum Gasteiger partial charge on any atom is -0.481 e. The van der Waals surface area contributed by atoms with Crippen LogP contribution in [0.3, 0.4) is 0 Å². The van der Waals surface area contributed by atoms with Crippen LogP contribution in [-0.2, 0) is 4.79 Å². The van der Waals surface area contributed by atoms with Gasteiger partial charge in [-0.2, -0.15) is 13.2 Å². The summed E-state index contributed by atoms with van der Waals surface area (Å²) < 4.78 is 36.5. The number of hydrogen-bond acceptors (Lipinski definition) is 2. The molecule has 0 aromatic heterocycles. The standard InChI is InChI=1S/C11H18F3NO2/c1-2-3-10(9(16)17)4-6-15(7-5-10)8-11(12,13)14/h2-8H2,1H3,(H,16,17). The minimum atomic E-state index is -4.20. The smallest absolute Gasteiger partial charge is 0.401 e. The minimum absolute atomic E-state index is 0.214. The second kappa shape index (κ2) is 5.25. The van der Waals surface area contributed by atoms with Crippen LogP contribution in [0.25, 0.3) is 0 Å². The van der Waals surface area contributed by atoms with Crippen molar-refractivity contribution in [2.75, 3.05) is 19.6 Å². The first-order valence-electron chi connectivity index (χ1n) is 5.81. The Balaban J connectivity index is 2.56. The number of hydrogen-bond donors (Lipinski definition) is 1. The van der Waals surface area contributed by atoms with E-state index in [4.69, 9.17) is 0 Å². The quantitative estimate of drug-likeness (QED) is 0.837. The summed E-state index contributed by atoms with van der Waals surface area (Å²) in [7, 11) is 0. The van der Waals surface area contributed by atoms with Crippen molar-refractivity contribution in [2.45, 2.75) is 38.8 Å². The molecule has 0 unspecified atom stereocenters. The average molecular weight is 253 g/mol. The van der Waals surface area contributed by atoms with Crippen molar-refractivity contribution in [1.29, 1.82) is 0 Å². The molecule has 3 nitrogen and oxygen atoms in total. The Morgan fingerprint density at radius 3 is 2.24 bits per heavy atom. The second-order valence-corrected chi connectivity index (χ2v) is 4.73. The Bertz CT molecular complexity index is 270. The van der Waals surface area contributed by atoms with E-state index in [2.05, 4.69) is 0 Å². The molecule has 0 amide bonds. The predicted octanol–water partition coefficient (Wildman–Crippen LogP) is 2.52. The molecule has 0 aromatic rings. The van der Waals surface area contributed by atoms with Gasteiger partial charge in [0.15, 0.2) is 0 Å². The third-order valence-electron chi connectivity index (χ3n) is 3.40. The molecule has 0 radical (unpaired) electrons. The molecule has 1 aliphatic rings. The van der Waals surface area contributed by atoms with Crippen molar-refractivity contribution < 1.29 is 23.1 Å². The summed E-state index contributed by atoms with van der Waals surface area (Å²) >= 11 is 0. The van der Waals surface area contributed by atoms with Crippen molar-refractivity contribution in [3.63, 3.8) is 0 Å². The number of likely N-dealkylation sites (tertiary alicyclic amines) is 1. The molecular formula is C11H18F3NO2. The summed E-state index contributed by atoms with van der Waals surface area (Å²) in [4.78, 5) is 12.5. The van der Waals surface area contributed by atoms with Gasteiger partial charge in [-0.25, -0.2) is 0 Å². The SMILES string of the molecule is CCCC1(C(=O)O)CCN(CC(F)(F)F)CC1. The van der Waals surface area contributed by atoms with Crippen LogP contribution in [-0.4, -0.2) is 41.8 Å². The average Bonchev–Trinajstić information content (AvgIpc) is 2.19. The fraction of sp³-hybridized carbons (Fsp3) is 0.909. The van der Waals surface area contributed by atoms with Gasteiger partial charge in [0, 0.05) is 0 Å². The van der Waals surface area contributed by atoms with Gasteiger partial charge >= 0.3 is 12.1 Å². The van der Waals surface area contributed by atoms with Gasteiger partial charge in [0.1, 0.15) is 0 Å². The lowest BCUT2D eigenvalue weighted by atomic mass is 9.75. The Morgan fingerprint density at radius 1 is 1.35 bits per heavy atom. The largest absolute Gasteiger partial charge is 0.481 e. The first-order valence-corrected chi connectivity index (χ1v) is 5.81. The van der Waals surface area contributed by atoms with Crippen molar-refractivity contribution in [2.24, 2.45) is 5.41 Å². The Labute approximate surface area is 98.6 Å². The highest BCUT2D eigenvalue weighted by Gasteiger charge is 2.42. The van der Waals surface area contributed by atoms with E-state index in [-0.39, 0.29) is 13.1 Å². The van der Waals surface area contributed by atoms with Crippen molar-refractivity contribution >= 4 is 5.97 Å². The number of nitrogens with zero attached hydrogens (tertiary/aromatic N) is 1. The van der Waals surface area contributed by atoms with Crippen LogP contribution < -0.4 is 0 Å². The number of carbonyl (C=O) groups is 1. The molecule has 0 saturated carbocycles. The maximum Gasteiger partial charge on any atom is 0.401 e. The molecule has 1 aliphatic heterocycles. The van der Waals surface area contributed by atoms with Crippen molar-refractivity contribution in [1.82, 2.24) is 4.90 Å². The summed E-state index contributed by atoms with van der Waals surface area (Å²) in [6.07, 6.45) is -2.29. The molecule has 1 fully saturated rings. The molecule has 100 valence electrons. The van der Waals surface area contributed by atoms with Gasteiger partial charge < -0.3 is 5.11 Å². The van der Waals surface area contributed by atoms with Gasteiger partial charge in [-0.3, -0.25) is 9.69 Å². The maximum absolute atomic E-state index is 12.2. The van der Waals surface area contributed by atoms with Crippen molar-refractivity contribution in [3.05, 3.63) is 0 Å². The molecule has 1 saturated heterocycles. The molecule has 0 bridgehead atoms. The number of rotatable bonds is 4. The van der Waals surface area contributed by atoms with E-state index in [0.29, 0.717) is 19.3 Å². The van der Waals surface area contributed by atoms with Crippen LogP contribution in [0.2, 0.25) is 0 Å². The van der Waals surface area contributed by atoms with Crippen molar-refractivity contribution in [3.8, 4) is 0 Å². The van der Waals surface area contributed by atoms with E-state index in [9.17, 15) is 23.1 Å². The lowest BCUT2D eigenvalue weighted by Gasteiger charge is -2.39. The highest BCUT2D eigenvalue weighted by atomic mass is 19.4. The van der Waals surface area contributed by atoms with Gasteiger partial charge in [-0.05, 0) is 32.4 Å². The molecular weight excluding hydrogens is 235 g/mol. The molecule has 1 rings (SSSR count). The Kier molecular flexibility index (Phi) is 4.41. The summed E-state index contributed by atoms with van der Waals surface area (Å²) in [5.74, 6) is -0.869. The van der Waals surface area contributed by atoms with E-state index in [1.165, 1.54) is 4.90 Å². The monoisotopic (exact) mass is 253 g/mol. The normalized spacial score (nSPS) is 21.4. The zero-order chi connectivity index (χ0) is 13.1.